The van der Waals surface area contributed by atoms with Gasteiger partial charge in [-0.2, -0.15) is 5.10 Å². The molecule has 0 aliphatic carbocycles. The summed E-state index contributed by atoms with van der Waals surface area (Å²) in [4.78, 5) is 33.7. The Morgan fingerprint density at radius 2 is 1.87 bits per heavy atom. The third-order valence-electron chi connectivity index (χ3n) is 3.95. The number of hydrogen-bond donors (Lipinski definition) is 3. The second kappa shape index (κ2) is 10.4. The van der Waals surface area contributed by atoms with Gasteiger partial charge in [-0.3, -0.25) is 19.7 Å². The Labute approximate surface area is 171 Å². The molecule has 0 fully saturated rings. The fourth-order valence-corrected chi connectivity index (χ4v) is 2.41. The van der Waals surface area contributed by atoms with Crippen LogP contribution in [0.4, 0.5) is 5.69 Å². The predicted octanol–water partition coefficient (Wildman–Crippen LogP) is 1.13. The number of nitrogens with zero attached hydrogens (tertiary/aromatic N) is 2. The number of benzene rings is 2. The molecule has 0 bridgehead atoms. The molecule has 0 saturated heterocycles. The van der Waals surface area contributed by atoms with E-state index >= 15 is 0 Å². The van der Waals surface area contributed by atoms with Gasteiger partial charge in [-0.05, 0) is 30.2 Å². The van der Waals surface area contributed by atoms with Crippen LogP contribution < -0.4 is 20.2 Å². The first-order chi connectivity index (χ1) is 14.3. The van der Waals surface area contributed by atoms with Gasteiger partial charge in [0.2, 0.25) is 0 Å². The van der Waals surface area contributed by atoms with Crippen LogP contribution in [0.2, 0.25) is 0 Å². The average molecular weight is 416 g/mol. The molecule has 0 radical (unpaired) electrons. The molecule has 11 heteroatoms. The minimum Gasteiger partial charge on any atom is -0.507 e. The van der Waals surface area contributed by atoms with Crippen LogP contribution in [0.25, 0.3) is 0 Å². The number of nitro groups is 1. The van der Waals surface area contributed by atoms with Crippen LogP contribution in [0, 0.1) is 10.1 Å². The van der Waals surface area contributed by atoms with Gasteiger partial charge >= 0.3 is 11.8 Å². The van der Waals surface area contributed by atoms with Crippen molar-refractivity contribution in [3.63, 3.8) is 0 Å². The number of aromatic hydroxyl groups is 1. The van der Waals surface area contributed by atoms with Crippen LogP contribution in [-0.2, 0) is 16.0 Å². The van der Waals surface area contributed by atoms with Crippen molar-refractivity contribution in [3.8, 4) is 17.2 Å². The summed E-state index contributed by atoms with van der Waals surface area (Å²) >= 11 is 0. The summed E-state index contributed by atoms with van der Waals surface area (Å²) in [5, 5.41) is 26.4. The van der Waals surface area contributed by atoms with Crippen LogP contribution in [0.1, 0.15) is 11.1 Å². The van der Waals surface area contributed by atoms with E-state index in [0.29, 0.717) is 17.9 Å². The van der Waals surface area contributed by atoms with E-state index in [1.807, 2.05) is 11.5 Å². The second-order valence-electron chi connectivity index (χ2n) is 5.89. The Morgan fingerprint density at radius 3 is 2.53 bits per heavy atom. The molecular formula is C19H20N4O7. The Kier molecular flexibility index (Phi) is 7.68. The summed E-state index contributed by atoms with van der Waals surface area (Å²) in [5.41, 5.74) is 2.61. The summed E-state index contributed by atoms with van der Waals surface area (Å²) in [6.07, 6.45) is 1.45. The lowest BCUT2D eigenvalue weighted by molar-refractivity contribution is -0.384. The van der Waals surface area contributed by atoms with E-state index < -0.39 is 16.7 Å². The largest absolute Gasteiger partial charge is 0.507 e. The number of amides is 2. The Morgan fingerprint density at radius 1 is 1.13 bits per heavy atom. The molecule has 0 saturated carbocycles. The smallest absolute Gasteiger partial charge is 0.329 e. The highest BCUT2D eigenvalue weighted by molar-refractivity contribution is 6.35. The molecule has 2 rings (SSSR count). The van der Waals surface area contributed by atoms with Gasteiger partial charge in [-0.1, -0.05) is 6.07 Å². The molecule has 0 aliphatic rings. The number of carbonyl (C=O) groups is 2. The van der Waals surface area contributed by atoms with Crippen molar-refractivity contribution >= 4 is 23.7 Å². The number of hydrogen-bond acceptors (Lipinski definition) is 8. The topological polar surface area (TPSA) is 152 Å². The van der Waals surface area contributed by atoms with Gasteiger partial charge in [0.25, 0.3) is 5.69 Å². The lowest BCUT2D eigenvalue weighted by Gasteiger charge is -2.10. The van der Waals surface area contributed by atoms with Crippen molar-refractivity contribution in [1.29, 1.82) is 0 Å². The third-order valence-corrected chi connectivity index (χ3v) is 3.95. The van der Waals surface area contributed by atoms with Crippen molar-refractivity contribution in [2.24, 2.45) is 5.10 Å². The van der Waals surface area contributed by atoms with Crippen LogP contribution in [0.3, 0.4) is 0 Å². The highest BCUT2D eigenvalue weighted by Crippen LogP contribution is 2.27. The molecule has 2 amide bonds. The number of non-ortho nitro benzene ring substituents is 1. The number of rotatable bonds is 8. The molecule has 30 heavy (non-hydrogen) atoms. The van der Waals surface area contributed by atoms with Crippen LogP contribution >= 0.6 is 0 Å². The third kappa shape index (κ3) is 5.92. The number of ether oxygens (including phenoxy) is 2. The molecular weight excluding hydrogens is 396 g/mol. The van der Waals surface area contributed by atoms with Crippen LogP contribution in [0.15, 0.2) is 41.5 Å². The number of methoxy groups -OCH3 is 2. The van der Waals surface area contributed by atoms with E-state index in [0.717, 1.165) is 30.0 Å². The van der Waals surface area contributed by atoms with Gasteiger partial charge < -0.3 is 19.9 Å². The molecule has 0 unspecified atom stereocenters. The summed E-state index contributed by atoms with van der Waals surface area (Å²) in [5.74, 6) is -1.06. The van der Waals surface area contributed by atoms with Gasteiger partial charge in [0.1, 0.15) is 5.75 Å². The highest BCUT2D eigenvalue weighted by Gasteiger charge is 2.13. The maximum absolute atomic E-state index is 11.8. The number of phenolic OH excluding ortho intramolecular Hbond substituents is 1. The molecule has 0 spiro atoms. The molecule has 2 aromatic rings. The molecule has 0 aliphatic heterocycles. The van der Waals surface area contributed by atoms with Gasteiger partial charge in [0, 0.05) is 24.2 Å². The van der Waals surface area contributed by atoms with E-state index in [2.05, 4.69) is 10.4 Å². The minimum absolute atomic E-state index is 0.0124. The zero-order valence-electron chi connectivity index (χ0n) is 16.2. The van der Waals surface area contributed by atoms with Gasteiger partial charge in [0.05, 0.1) is 25.4 Å². The quantitative estimate of drug-likeness (QED) is 0.252. The molecule has 11 nitrogen and oxygen atoms in total. The molecule has 0 heterocycles. The highest BCUT2D eigenvalue weighted by atomic mass is 16.6. The SMILES string of the molecule is COc1ccc(CCNC(=O)C(=O)N/N=C/c2cc([N+](=O)[O-])ccc2O)cc1OC. The summed E-state index contributed by atoms with van der Waals surface area (Å²) in [6, 6.07) is 8.64. The first kappa shape index (κ1) is 22.1. The van der Waals surface area contributed by atoms with Crippen molar-refractivity contribution in [2.45, 2.75) is 6.42 Å². The minimum atomic E-state index is -1.02. The van der Waals surface area contributed by atoms with E-state index in [4.69, 9.17) is 9.47 Å². The predicted molar refractivity (Wildman–Crippen MR) is 107 cm³/mol. The summed E-state index contributed by atoms with van der Waals surface area (Å²) in [6.45, 7) is 0.192. The first-order valence-electron chi connectivity index (χ1n) is 8.65. The number of carbonyl (C=O) groups excluding carboxylic acids is 2. The monoisotopic (exact) mass is 416 g/mol. The average Bonchev–Trinajstić information content (AvgIpc) is 2.74. The number of hydrazone groups is 1. The molecule has 158 valence electrons. The van der Waals surface area contributed by atoms with Gasteiger partial charge in [0.15, 0.2) is 11.5 Å². The lowest BCUT2D eigenvalue weighted by atomic mass is 10.1. The van der Waals surface area contributed by atoms with Crippen molar-refractivity contribution in [3.05, 3.63) is 57.6 Å². The van der Waals surface area contributed by atoms with E-state index in [-0.39, 0.29) is 23.5 Å². The standard InChI is InChI=1S/C19H20N4O7/c1-29-16-6-3-12(9-17(16)30-2)7-8-20-18(25)19(26)22-21-11-13-10-14(23(27)28)4-5-15(13)24/h3-6,9-11,24H,7-8H2,1-2H3,(H,20,25)(H,22,26)/b21-11+. The maximum Gasteiger partial charge on any atom is 0.329 e. The van der Waals surface area contributed by atoms with E-state index in [1.165, 1.54) is 14.2 Å². The van der Waals surface area contributed by atoms with Crippen LogP contribution in [0.5, 0.6) is 17.2 Å². The van der Waals surface area contributed by atoms with Crippen molar-refractivity contribution < 1.29 is 29.1 Å². The Hall–Kier alpha value is -4.15. The first-order valence-corrected chi connectivity index (χ1v) is 8.65. The molecule has 0 aromatic heterocycles. The Bertz CT molecular complexity index is 975. The molecule has 2 aromatic carbocycles. The fourth-order valence-electron chi connectivity index (χ4n) is 2.41. The van der Waals surface area contributed by atoms with Gasteiger partial charge in [-0.25, -0.2) is 5.43 Å². The fraction of sp³-hybridized carbons (Fsp3) is 0.211. The number of phenols is 1. The molecule has 0 atom stereocenters. The molecule has 3 N–H and O–H groups in total. The number of nitrogens with one attached hydrogen (secondary N) is 2. The Balaban J connectivity index is 1.85. The number of nitro benzene ring substituents is 1. The normalized spacial score (nSPS) is 10.5. The summed E-state index contributed by atoms with van der Waals surface area (Å²) in [7, 11) is 3.04. The zero-order valence-corrected chi connectivity index (χ0v) is 16.2. The zero-order chi connectivity index (χ0) is 22.1. The lowest BCUT2D eigenvalue weighted by Crippen LogP contribution is -2.38. The maximum atomic E-state index is 11.8. The van der Waals surface area contributed by atoms with Crippen molar-refractivity contribution in [2.75, 3.05) is 20.8 Å². The van der Waals surface area contributed by atoms with E-state index in [9.17, 15) is 24.8 Å². The van der Waals surface area contributed by atoms with Crippen LogP contribution in [-0.4, -0.2) is 48.8 Å². The van der Waals surface area contributed by atoms with E-state index in [1.54, 1.807) is 12.1 Å². The second-order valence-corrected chi connectivity index (χ2v) is 5.89. The van der Waals surface area contributed by atoms with Crippen molar-refractivity contribution in [1.82, 2.24) is 10.7 Å². The summed E-state index contributed by atoms with van der Waals surface area (Å²) < 4.78 is 10.4. The van der Waals surface area contributed by atoms with Gasteiger partial charge in [-0.15, -0.1) is 0 Å².